The minimum Gasteiger partial charge on any atom is -0.497 e. The highest BCUT2D eigenvalue weighted by atomic mass is 16.5. The van der Waals surface area contributed by atoms with E-state index in [1.165, 1.54) is 11.1 Å². The van der Waals surface area contributed by atoms with Crippen molar-refractivity contribution in [2.45, 2.75) is 46.5 Å². The van der Waals surface area contributed by atoms with Gasteiger partial charge in [0.1, 0.15) is 5.75 Å². The van der Waals surface area contributed by atoms with Gasteiger partial charge in [0.05, 0.1) is 12.8 Å². The van der Waals surface area contributed by atoms with Crippen molar-refractivity contribution in [2.24, 2.45) is 4.99 Å². The third-order valence-electron chi connectivity index (χ3n) is 4.13. The van der Waals surface area contributed by atoms with Crippen LogP contribution in [0.5, 0.6) is 5.75 Å². The van der Waals surface area contributed by atoms with Gasteiger partial charge in [0.25, 0.3) is 0 Å². The first-order valence-corrected chi connectivity index (χ1v) is 8.26. The lowest BCUT2D eigenvalue weighted by Crippen LogP contribution is -1.99. The summed E-state index contributed by atoms with van der Waals surface area (Å²) in [4.78, 5) is 5.00. The van der Waals surface area contributed by atoms with Crippen LogP contribution >= 0.6 is 0 Å². The third kappa shape index (κ3) is 4.01. The van der Waals surface area contributed by atoms with Crippen molar-refractivity contribution in [1.29, 1.82) is 0 Å². The summed E-state index contributed by atoms with van der Waals surface area (Å²) in [7, 11) is 1.68. The van der Waals surface area contributed by atoms with Crippen LogP contribution in [0, 0.1) is 0 Å². The molecule has 0 spiro atoms. The number of ether oxygens (including phenoxy) is 1. The van der Waals surface area contributed by atoms with Crippen molar-refractivity contribution in [3.8, 4) is 5.75 Å². The maximum Gasteiger partial charge on any atom is 0.118 e. The van der Waals surface area contributed by atoms with Crippen LogP contribution in [0.25, 0.3) is 0 Å². The molecule has 2 nitrogen and oxygen atoms in total. The quantitative estimate of drug-likeness (QED) is 0.613. The summed E-state index contributed by atoms with van der Waals surface area (Å²) in [6, 6.07) is 14.6. The van der Waals surface area contributed by atoms with Crippen LogP contribution in [-0.4, -0.2) is 12.8 Å². The van der Waals surface area contributed by atoms with Crippen molar-refractivity contribution < 1.29 is 4.74 Å². The summed E-state index contributed by atoms with van der Waals surface area (Å²) in [5.41, 5.74) is 5.90. The second kappa shape index (κ2) is 7.45. The average Bonchev–Trinajstić information content (AvgIpc) is 2.54. The summed E-state index contributed by atoms with van der Waals surface area (Å²) in [6.07, 6.45) is 0. The lowest BCUT2D eigenvalue weighted by molar-refractivity contribution is 0.415. The molecule has 2 aromatic rings. The molecule has 0 atom stereocenters. The summed E-state index contributed by atoms with van der Waals surface area (Å²) in [5.74, 6) is 1.78. The number of hydrogen-bond donors (Lipinski definition) is 0. The second-order valence-electron chi connectivity index (χ2n) is 6.52. The molecule has 2 aromatic carbocycles. The van der Waals surface area contributed by atoms with E-state index in [4.69, 9.17) is 9.73 Å². The predicted molar refractivity (Wildman–Crippen MR) is 99.5 cm³/mol. The van der Waals surface area contributed by atoms with Crippen molar-refractivity contribution in [3.63, 3.8) is 0 Å². The largest absolute Gasteiger partial charge is 0.497 e. The molecule has 0 saturated carbocycles. The Hall–Kier alpha value is -2.09. The monoisotopic (exact) mass is 309 g/mol. The molecule has 2 heteroatoms. The van der Waals surface area contributed by atoms with Crippen LogP contribution in [0.15, 0.2) is 47.5 Å². The van der Waals surface area contributed by atoms with Gasteiger partial charge in [0.15, 0.2) is 0 Å². The highest BCUT2D eigenvalue weighted by molar-refractivity contribution is 6.00. The van der Waals surface area contributed by atoms with Gasteiger partial charge >= 0.3 is 0 Å². The van der Waals surface area contributed by atoms with Gasteiger partial charge in [-0.25, -0.2) is 0 Å². The van der Waals surface area contributed by atoms with Crippen molar-refractivity contribution in [1.82, 2.24) is 0 Å². The van der Waals surface area contributed by atoms with Crippen LogP contribution in [-0.2, 0) is 0 Å². The van der Waals surface area contributed by atoms with E-state index in [-0.39, 0.29) is 0 Å². The standard InChI is InChI=1S/C21H27NO/c1-14(2)19-8-7-9-20(15(3)4)21(19)22-16(5)17-10-12-18(23-6)13-11-17/h7-15H,1-6H3. The van der Waals surface area contributed by atoms with Crippen molar-refractivity contribution in [3.05, 3.63) is 59.2 Å². The number of para-hydroxylation sites is 1. The van der Waals surface area contributed by atoms with Gasteiger partial charge in [0, 0.05) is 5.71 Å². The predicted octanol–water partition coefficient (Wildman–Crippen LogP) is 6.08. The van der Waals surface area contributed by atoms with Gasteiger partial charge in [-0.3, -0.25) is 4.99 Å². The lowest BCUT2D eigenvalue weighted by Gasteiger charge is -2.17. The first kappa shape index (κ1) is 17.3. The Morgan fingerprint density at radius 1 is 0.870 bits per heavy atom. The fraction of sp³-hybridized carbons (Fsp3) is 0.381. The van der Waals surface area contributed by atoms with Crippen LogP contribution in [0.4, 0.5) is 5.69 Å². The number of methoxy groups -OCH3 is 1. The Bertz CT molecular complexity index is 655. The first-order valence-electron chi connectivity index (χ1n) is 8.26. The lowest BCUT2D eigenvalue weighted by atomic mass is 9.93. The second-order valence-corrected chi connectivity index (χ2v) is 6.52. The molecule has 0 aliphatic carbocycles. The maximum atomic E-state index is 5.23. The topological polar surface area (TPSA) is 21.6 Å². The van der Waals surface area contributed by atoms with E-state index in [2.05, 4.69) is 65.0 Å². The molecule has 0 fully saturated rings. The van der Waals surface area contributed by atoms with Gasteiger partial charge in [-0.2, -0.15) is 0 Å². The molecule has 0 aliphatic rings. The fourth-order valence-electron chi connectivity index (χ4n) is 2.71. The van der Waals surface area contributed by atoms with Gasteiger partial charge < -0.3 is 4.74 Å². The Morgan fingerprint density at radius 3 is 1.83 bits per heavy atom. The number of rotatable bonds is 5. The summed E-state index contributed by atoms with van der Waals surface area (Å²) in [6.45, 7) is 11.0. The van der Waals surface area contributed by atoms with Crippen LogP contribution in [0.3, 0.4) is 0 Å². The van der Waals surface area contributed by atoms with E-state index in [0.717, 1.165) is 22.7 Å². The van der Waals surface area contributed by atoms with Crippen LogP contribution < -0.4 is 4.74 Å². The minimum absolute atomic E-state index is 0.455. The molecule has 0 bridgehead atoms. The fourth-order valence-corrected chi connectivity index (χ4v) is 2.71. The first-order chi connectivity index (χ1) is 10.9. The number of nitrogens with zero attached hydrogens (tertiary/aromatic N) is 1. The SMILES string of the molecule is COc1ccc(C(C)=Nc2c(C(C)C)cccc2C(C)C)cc1. The molecule has 0 heterocycles. The van der Waals surface area contributed by atoms with E-state index >= 15 is 0 Å². The van der Waals surface area contributed by atoms with E-state index in [0.29, 0.717) is 11.8 Å². The number of benzene rings is 2. The molecule has 0 aromatic heterocycles. The number of aliphatic imine (C=N–C) groups is 1. The maximum absolute atomic E-state index is 5.23. The summed E-state index contributed by atoms with van der Waals surface area (Å²) < 4.78 is 5.23. The summed E-state index contributed by atoms with van der Waals surface area (Å²) >= 11 is 0. The molecular weight excluding hydrogens is 282 g/mol. The molecule has 2 rings (SSSR count). The molecule has 0 unspecified atom stereocenters. The molecule has 0 aliphatic heterocycles. The Kier molecular flexibility index (Phi) is 5.59. The average molecular weight is 309 g/mol. The zero-order chi connectivity index (χ0) is 17.0. The van der Waals surface area contributed by atoms with Crippen molar-refractivity contribution in [2.75, 3.05) is 7.11 Å². The highest BCUT2D eigenvalue weighted by Crippen LogP contribution is 2.35. The van der Waals surface area contributed by atoms with Gasteiger partial charge in [-0.05, 0) is 59.7 Å². The number of hydrogen-bond acceptors (Lipinski definition) is 2. The van der Waals surface area contributed by atoms with E-state index in [1.54, 1.807) is 7.11 Å². The molecule has 0 N–H and O–H groups in total. The van der Waals surface area contributed by atoms with Crippen molar-refractivity contribution >= 4 is 11.4 Å². The summed E-state index contributed by atoms with van der Waals surface area (Å²) in [5, 5.41) is 0. The van der Waals surface area contributed by atoms with Gasteiger partial charge in [-0.1, -0.05) is 45.9 Å². The molecule has 122 valence electrons. The van der Waals surface area contributed by atoms with E-state index < -0.39 is 0 Å². The molecule has 0 amide bonds. The van der Waals surface area contributed by atoms with Gasteiger partial charge in [-0.15, -0.1) is 0 Å². The zero-order valence-electron chi connectivity index (χ0n) is 15.1. The smallest absolute Gasteiger partial charge is 0.118 e. The molecule has 0 saturated heterocycles. The molecular formula is C21H27NO. The molecule has 23 heavy (non-hydrogen) atoms. The highest BCUT2D eigenvalue weighted by Gasteiger charge is 2.13. The molecule has 0 radical (unpaired) electrons. The van der Waals surface area contributed by atoms with Gasteiger partial charge in [0.2, 0.25) is 0 Å². The normalized spacial score (nSPS) is 12.1. The Labute approximate surface area is 140 Å². The Balaban J connectivity index is 2.51. The third-order valence-corrected chi connectivity index (χ3v) is 4.13. The van der Waals surface area contributed by atoms with E-state index in [1.807, 2.05) is 12.1 Å². The zero-order valence-corrected chi connectivity index (χ0v) is 15.1. The van der Waals surface area contributed by atoms with Crippen LogP contribution in [0.2, 0.25) is 0 Å². The minimum atomic E-state index is 0.455. The van der Waals surface area contributed by atoms with Crippen LogP contribution in [0.1, 0.15) is 63.1 Å². The Morgan fingerprint density at radius 2 is 1.39 bits per heavy atom. The van der Waals surface area contributed by atoms with E-state index in [9.17, 15) is 0 Å².